The number of hydrogen-bond acceptors (Lipinski definition) is 3. The van der Waals surface area contributed by atoms with Crippen molar-refractivity contribution in [1.29, 1.82) is 0 Å². The summed E-state index contributed by atoms with van der Waals surface area (Å²) in [6.45, 7) is 0.265. The van der Waals surface area contributed by atoms with E-state index in [2.05, 4.69) is 20.7 Å². The van der Waals surface area contributed by atoms with Crippen LogP contribution in [0.25, 0.3) is 0 Å². The molecule has 1 heterocycles. The van der Waals surface area contributed by atoms with Gasteiger partial charge in [-0.05, 0) is 5.92 Å². The van der Waals surface area contributed by atoms with Crippen molar-refractivity contribution >= 4 is 5.91 Å². The number of nitrogens with zero attached hydrogens (tertiary/aromatic N) is 2. The molecule has 7 heteroatoms. The normalized spacial score (nSPS) is 19.6. The molecule has 5 nitrogen and oxygen atoms in total. The zero-order valence-corrected chi connectivity index (χ0v) is 7.83. The smallest absolute Gasteiger partial charge is 0.273 e. The lowest BCUT2D eigenvalue weighted by molar-refractivity contribution is -0.108. The fourth-order valence-electron chi connectivity index (χ4n) is 1.57. The third-order valence-corrected chi connectivity index (χ3v) is 2.37. The second-order valence-corrected chi connectivity index (χ2v) is 3.70. The highest BCUT2D eigenvalue weighted by Gasteiger charge is 2.45. The van der Waals surface area contributed by atoms with Gasteiger partial charge in [-0.3, -0.25) is 4.79 Å². The highest BCUT2D eigenvalue weighted by atomic mass is 19.3. The van der Waals surface area contributed by atoms with Crippen molar-refractivity contribution in [2.45, 2.75) is 18.8 Å². The number of H-pyrrole nitrogens is 1. The van der Waals surface area contributed by atoms with E-state index in [-0.39, 0.29) is 36.9 Å². The Balaban J connectivity index is 1.74. The van der Waals surface area contributed by atoms with Crippen LogP contribution >= 0.6 is 0 Å². The van der Waals surface area contributed by atoms with Crippen LogP contribution in [0.4, 0.5) is 8.78 Å². The van der Waals surface area contributed by atoms with Gasteiger partial charge in [0.1, 0.15) is 0 Å². The van der Waals surface area contributed by atoms with Crippen LogP contribution in [0.5, 0.6) is 0 Å². The van der Waals surface area contributed by atoms with Gasteiger partial charge in [-0.2, -0.15) is 15.4 Å². The summed E-state index contributed by atoms with van der Waals surface area (Å²) in [7, 11) is 0. The minimum atomic E-state index is -2.54. The number of halogens is 2. The van der Waals surface area contributed by atoms with Gasteiger partial charge in [0.25, 0.3) is 5.91 Å². The standard InChI is InChI=1S/C8H10F2N4O/c9-8(10)1-5(2-8)3-11-7(15)6-4-12-14-13-6/h4-5H,1-3H2,(H,11,15)(H,12,13,14). The molecule has 82 valence electrons. The van der Waals surface area contributed by atoms with E-state index in [1.165, 1.54) is 6.20 Å². The molecular weight excluding hydrogens is 206 g/mol. The van der Waals surface area contributed by atoms with Crippen molar-refractivity contribution in [3.8, 4) is 0 Å². The van der Waals surface area contributed by atoms with Crippen LogP contribution in [0.1, 0.15) is 23.3 Å². The second kappa shape index (κ2) is 3.56. The van der Waals surface area contributed by atoms with E-state index >= 15 is 0 Å². The first kappa shape index (κ1) is 10.0. The predicted molar refractivity (Wildman–Crippen MR) is 46.4 cm³/mol. The first-order chi connectivity index (χ1) is 7.07. The average Bonchev–Trinajstić information content (AvgIpc) is 2.63. The van der Waals surface area contributed by atoms with Gasteiger partial charge < -0.3 is 5.32 Å². The highest BCUT2D eigenvalue weighted by Crippen LogP contribution is 2.41. The molecule has 2 N–H and O–H groups in total. The molecule has 1 aromatic heterocycles. The topological polar surface area (TPSA) is 70.7 Å². The number of carbonyl (C=O) groups excluding carboxylic acids is 1. The molecule has 0 unspecified atom stereocenters. The molecule has 15 heavy (non-hydrogen) atoms. The zero-order valence-electron chi connectivity index (χ0n) is 7.83. The van der Waals surface area contributed by atoms with Crippen LogP contribution in [-0.4, -0.2) is 33.8 Å². The summed E-state index contributed by atoms with van der Waals surface area (Å²) in [5.74, 6) is -3.06. The van der Waals surface area contributed by atoms with Crippen molar-refractivity contribution in [2.24, 2.45) is 5.92 Å². The molecule has 2 rings (SSSR count). The van der Waals surface area contributed by atoms with Crippen LogP contribution < -0.4 is 5.32 Å². The molecular formula is C8H10F2N4O. The average molecular weight is 216 g/mol. The van der Waals surface area contributed by atoms with Crippen LogP contribution in [0.15, 0.2) is 6.20 Å². The predicted octanol–water partition coefficient (Wildman–Crippen LogP) is 0.580. The lowest BCUT2D eigenvalue weighted by atomic mass is 9.81. The summed E-state index contributed by atoms with van der Waals surface area (Å²) >= 11 is 0. The van der Waals surface area contributed by atoms with E-state index in [0.29, 0.717) is 0 Å². The number of aromatic amines is 1. The Morgan fingerprint density at radius 2 is 2.40 bits per heavy atom. The molecule has 1 saturated carbocycles. The molecule has 0 bridgehead atoms. The van der Waals surface area contributed by atoms with Gasteiger partial charge in [-0.25, -0.2) is 8.78 Å². The monoisotopic (exact) mass is 216 g/mol. The van der Waals surface area contributed by atoms with E-state index < -0.39 is 5.92 Å². The Hall–Kier alpha value is -1.53. The number of nitrogens with one attached hydrogen (secondary N) is 2. The van der Waals surface area contributed by atoms with Gasteiger partial charge in [0.15, 0.2) is 5.69 Å². The van der Waals surface area contributed by atoms with Gasteiger partial charge >= 0.3 is 0 Å². The van der Waals surface area contributed by atoms with E-state index in [0.717, 1.165) is 0 Å². The molecule has 1 amide bonds. The van der Waals surface area contributed by atoms with Crippen LogP contribution in [0.2, 0.25) is 0 Å². The number of hydrogen-bond donors (Lipinski definition) is 2. The van der Waals surface area contributed by atoms with Gasteiger partial charge in [0.2, 0.25) is 5.92 Å². The number of alkyl halides is 2. The molecule has 0 aromatic carbocycles. The molecule has 0 spiro atoms. The number of aromatic nitrogens is 3. The Labute approximate surface area is 84.2 Å². The molecule has 0 aliphatic heterocycles. The maximum absolute atomic E-state index is 12.4. The maximum atomic E-state index is 12.4. The highest BCUT2D eigenvalue weighted by molar-refractivity contribution is 5.91. The Morgan fingerprint density at radius 3 is 2.93 bits per heavy atom. The van der Waals surface area contributed by atoms with Crippen molar-refractivity contribution in [3.63, 3.8) is 0 Å². The summed E-state index contributed by atoms with van der Waals surface area (Å²) in [4.78, 5) is 11.3. The van der Waals surface area contributed by atoms with Crippen LogP contribution in [-0.2, 0) is 0 Å². The lowest BCUT2D eigenvalue weighted by Crippen LogP contribution is -2.42. The van der Waals surface area contributed by atoms with Gasteiger partial charge in [0.05, 0.1) is 6.20 Å². The van der Waals surface area contributed by atoms with E-state index in [1.807, 2.05) is 0 Å². The van der Waals surface area contributed by atoms with Crippen molar-refractivity contribution in [1.82, 2.24) is 20.7 Å². The zero-order chi connectivity index (χ0) is 10.9. The second-order valence-electron chi connectivity index (χ2n) is 3.70. The number of amides is 1. The molecule has 1 aromatic rings. The van der Waals surface area contributed by atoms with E-state index in [9.17, 15) is 13.6 Å². The molecule has 1 aliphatic rings. The summed E-state index contributed by atoms with van der Waals surface area (Å²) < 4.78 is 24.9. The van der Waals surface area contributed by atoms with Gasteiger partial charge in [-0.15, -0.1) is 0 Å². The van der Waals surface area contributed by atoms with Gasteiger partial charge in [-0.1, -0.05) is 0 Å². The fourth-order valence-corrected chi connectivity index (χ4v) is 1.57. The van der Waals surface area contributed by atoms with Gasteiger partial charge in [0, 0.05) is 19.4 Å². The Kier molecular flexibility index (Phi) is 2.37. The quantitative estimate of drug-likeness (QED) is 0.776. The molecule has 1 fully saturated rings. The third-order valence-electron chi connectivity index (χ3n) is 2.37. The SMILES string of the molecule is O=C(NCC1CC(F)(F)C1)c1cn[nH]n1. The van der Waals surface area contributed by atoms with Crippen LogP contribution in [0.3, 0.4) is 0 Å². The van der Waals surface area contributed by atoms with E-state index in [1.54, 1.807) is 0 Å². The third kappa shape index (κ3) is 2.28. The molecule has 0 atom stereocenters. The lowest BCUT2D eigenvalue weighted by Gasteiger charge is -2.34. The molecule has 0 saturated heterocycles. The van der Waals surface area contributed by atoms with E-state index in [4.69, 9.17) is 0 Å². The van der Waals surface area contributed by atoms with Crippen LogP contribution in [0, 0.1) is 5.92 Å². The van der Waals surface area contributed by atoms with Crippen molar-refractivity contribution < 1.29 is 13.6 Å². The molecule has 1 aliphatic carbocycles. The van der Waals surface area contributed by atoms with Crippen molar-refractivity contribution in [2.75, 3.05) is 6.54 Å². The van der Waals surface area contributed by atoms with Crippen molar-refractivity contribution in [3.05, 3.63) is 11.9 Å². The summed E-state index contributed by atoms with van der Waals surface area (Å²) in [5.41, 5.74) is 0.168. The minimum Gasteiger partial charge on any atom is -0.350 e. The Morgan fingerprint density at radius 1 is 1.67 bits per heavy atom. The number of carbonyl (C=O) groups is 1. The Bertz CT molecular complexity index is 344. The fraction of sp³-hybridized carbons (Fsp3) is 0.625. The first-order valence-corrected chi connectivity index (χ1v) is 4.59. The summed E-state index contributed by atoms with van der Waals surface area (Å²) in [5, 5.41) is 11.9. The minimum absolute atomic E-state index is 0.129. The first-order valence-electron chi connectivity index (χ1n) is 4.59. The summed E-state index contributed by atoms with van der Waals surface area (Å²) in [6.07, 6.45) is 0.989. The largest absolute Gasteiger partial charge is 0.350 e. The molecule has 0 radical (unpaired) electrons. The maximum Gasteiger partial charge on any atom is 0.273 e. The number of rotatable bonds is 3. The summed E-state index contributed by atoms with van der Waals surface area (Å²) in [6, 6.07) is 0.